The Kier molecular flexibility index (Phi) is 7.79. The molecule has 1 aliphatic heterocycles. The Morgan fingerprint density at radius 2 is 1.68 bits per heavy atom. The smallest absolute Gasteiger partial charge is 0.497 e. The van der Waals surface area contributed by atoms with Crippen LogP contribution in [0.25, 0.3) is 17.1 Å². The van der Waals surface area contributed by atoms with Gasteiger partial charge in [0.05, 0.1) is 30.5 Å². The summed E-state index contributed by atoms with van der Waals surface area (Å²) in [5.74, 6) is 1.05. The largest absolute Gasteiger partial charge is 0.573 e. The molecule has 1 saturated heterocycles. The second-order valence-electron chi connectivity index (χ2n) is 8.93. The Hall–Kier alpha value is -4.65. The number of amides is 1. The summed E-state index contributed by atoms with van der Waals surface area (Å²) >= 11 is 1.32. The molecule has 3 aromatic carbocycles. The number of carbonyl (C=O) groups excluding carboxylic acids is 1. The van der Waals surface area contributed by atoms with Crippen LogP contribution in [0.5, 0.6) is 11.5 Å². The maximum absolute atomic E-state index is 12.7. The molecule has 1 aliphatic rings. The second-order valence-corrected chi connectivity index (χ2v) is 9.87. The number of carbonyl (C=O) groups is 1. The van der Waals surface area contributed by atoms with Crippen molar-refractivity contribution in [3.8, 4) is 28.6 Å². The zero-order chi connectivity index (χ0) is 29.1. The summed E-state index contributed by atoms with van der Waals surface area (Å²) < 4.78 is 47.8. The first-order valence-corrected chi connectivity index (χ1v) is 13.2. The molecule has 0 saturated carbocycles. The molecular weight excluding hydrogens is 557 g/mol. The van der Waals surface area contributed by atoms with Crippen LogP contribution in [0.1, 0.15) is 16.7 Å². The van der Waals surface area contributed by atoms with Crippen LogP contribution >= 0.6 is 11.8 Å². The lowest BCUT2D eigenvalue weighted by Crippen LogP contribution is -2.30. The number of ether oxygens (including phenoxy) is 2. The minimum Gasteiger partial charge on any atom is -0.497 e. The zero-order valence-electron chi connectivity index (χ0n) is 22.1. The van der Waals surface area contributed by atoms with E-state index in [1.54, 1.807) is 18.2 Å². The third kappa shape index (κ3) is 6.40. The number of aromatic nitrogens is 3. The number of nitrogens with zero attached hydrogens (tertiary/aromatic N) is 6. The molecule has 0 unspecified atom stereocenters. The molecule has 0 radical (unpaired) electrons. The molecule has 13 heteroatoms. The summed E-state index contributed by atoms with van der Waals surface area (Å²) in [6, 6.07) is 16.4. The van der Waals surface area contributed by atoms with Crippen molar-refractivity contribution in [3.05, 3.63) is 83.7 Å². The van der Waals surface area contributed by atoms with Gasteiger partial charge in [-0.2, -0.15) is 5.10 Å². The van der Waals surface area contributed by atoms with Gasteiger partial charge in [-0.3, -0.25) is 9.69 Å². The number of rotatable bonds is 7. The quantitative estimate of drug-likeness (QED) is 0.199. The minimum absolute atomic E-state index is 0.0674. The molecule has 41 heavy (non-hydrogen) atoms. The predicted molar refractivity (Wildman–Crippen MR) is 151 cm³/mol. The van der Waals surface area contributed by atoms with Gasteiger partial charge < -0.3 is 9.47 Å². The van der Waals surface area contributed by atoms with Crippen molar-refractivity contribution < 1.29 is 27.4 Å². The van der Waals surface area contributed by atoms with Crippen molar-refractivity contribution in [1.82, 2.24) is 14.8 Å². The van der Waals surface area contributed by atoms with Gasteiger partial charge in [0.25, 0.3) is 0 Å². The van der Waals surface area contributed by atoms with E-state index in [0.29, 0.717) is 16.7 Å². The van der Waals surface area contributed by atoms with Gasteiger partial charge in [0.1, 0.15) is 17.8 Å². The molecule has 9 nitrogen and oxygen atoms in total. The topological polar surface area (TPSA) is 94.2 Å². The van der Waals surface area contributed by atoms with Gasteiger partial charge in [-0.15, -0.1) is 23.4 Å². The van der Waals surface area contributed by atoms with E-state index in [-0.39, 0.29) is 17.4 Å². The van der Waals surface area contributed by atoms with E-state index in [1.165, 1.54) is 47.0 Å². The lowest BCUT2D eigenvalue weighted by Gasteiger charge is -2.21. The maximum atomic E-state index is 12.7. The van der Waals surface area contributed by atoms with Crippen molar-refractivity contribution in [2.75, 3.05) is 17.8 Å². The summed E-state index contributed by atoms with van der Waals surface area (Å²) in [7, 11) is 1.60. The van der Waals surface area contributed by atoms with Gasteiger partial charge in [0.15, 0.2) is 11.0 Å². The lowest BCUT2D eigenvalue weighted by atomic mass is 10.1. The SMILES string of the molecule is COc1cc(C)c(N2C(=O)CS/C2=N/N=C\c2ccc(-c3ncn(-c4ccc(OC(F)(F)F)cc4)n3)cc2)c(C)c1. The van der Waals surface area contributed by atoms with Crippen LogP contribution in [0.4, 0.5) is 18.9 Å². The fraction of sp³-hybridized carbons (Fsp3) is 0.179. The van der Waals surface area contributed by atoms with Crippen molar-refractivity contribution in [2.24, 2.45) is 10.2 Å². The Bertz CT molecular complexity index is 1610. The molecule has 0 atom stereocenters. The number of aryl methyl sites for hydroxylation is 2. The summed E-state index contributed by atoms with van der Waals surface area (Å²) in [4.78, 5) is 18.6. The molecule has 4 aromatic rings. The van der Waals surface area contributed by atoms with Gasteiger partial charge in [-0.1, -0.05) is 36.0 Å². The third-order valence-corrected chi connectivity index (χ3v) is 6.95. The first kappa shape index (κ1) is 27.9. The zero-order valence-corrected chi connectivity index (χ0v) is 22.9. The molecule has 1 fully saturated rings. The molecule has 1 aromatic heterocycles. The molecule has 210 valence electrons. The van der Waals surface area contributed by atoms with Crippen LogP contribution in [0.15, 0.2) is 77.2 Å². The second kappa shape index (κ2) is 11.5. The number of halogens is 3. The predicted octanol–water partition coefficient (Wildman–Crippen LogP) is 5.93. The van der Waals surface area contributed by atoms with Crippen LogP contribution in [0, 0.1) is 13.8 Å². The Morgan fingerprint density at radius 1 is 1.00 bits per heavy atom. The fourth-order valence-electron chi connectivity index (χ4n) is 4.23. The Balaban J connectivity index is 1.28. The third-order valence-electron chi connectivity index (χ3n) is 6.03. The van der Waals surface area contributed by atoms with Crippen LogP contribution in [-0.4, -0.2) is 51.3 Å². The average molecular weight is 581 g/mol. The van der Waals surface area contributed by atoms with Crippen LogP contribution < -0.4 is 14.4 Å². The summed E-state index contributed by atoms with van der Waals surface area (Å²) in [6.45, 7) is 3.84. The van der Waals surface area contributed by atoms with E-state index < -0.39 is 6.36 Å². The van der Waals surface area contributed by atoms with E-state index in [2.05, 4.69) is 25.0 Å². The number of hydrogen-bond donors (Lipinski definition) is 0. The molecule has 0 bridgehead atoms. The van der Waals surface area contributed by atoms with E-state index in [9.17, 15) is 18.0 Å². The number of methoxy groups -OCH3 is 1. The molecule has 0 spiro atoms. The van der Waals surface area contributed by atoms with Gasteiger partial charge >= 0.3 is 6.36 Å². The number of alkyl halides is 3. The van der Waals surface area contributed by atoms with Gasteiger partial charge in [0, 0.05) is 5.56 Å². The highest BCUT2D eigenvalue weighted by Crippen LogP contribution is 2.35. The highest BCUT2D eigenvalue weighted by atomic mass is 32.2. The Morgan fingerprint density at radius 3 is 2.32 bits per heavy atom. The van der Waals surface area contributed by atoms with Crippen molar-refractivity contribution >= 4 is 34.7 Å². The number of thioether (sulfide) groups is 1. The average Bonchev–Trinajstić information content (AvgIpc) is 3.56. The standard InChI is InChI=1S/C28H23F3N6O3S/c1-17-12-23(39-3)13-18(2)25(17)37-24(38)15-41-27(37)34-33-14-19-4-6-20(7-5-19)26-32-16-36(35-26)21-8-10-22(11-9-21)40-28(29,30)31/h4-14,16H,15H2,1-3H3/b33-14-,34-27+. The first-order valence-electron chi connectivity index (χ1n) is 12.2. The van der Waals surface area contributed by atoms with E-state index in [4.69, 9.17) is 4.74 Å². The van der Waals surface area contributed by atoms with Crippen LogP contribution in [0.3, 0.4) is 0 Å². The highest BCUT2D eigenvalue weighted by molar-refractivity contribution is 8.15. The first-order chi connectivity index (χ1) is 19.6. The lowest BCUT2D eigenvalue weighted by molar-refractivity contribution is -0.274. The Labute approximate surface area is 237 Å². The molecule has 1 amide bonds. The molecular formula is C28H23F3N6O3S. The van der Waals surface area contributed by atoms with Crippen molar-refractivity contribution in [2.45, 2.75) is 20.2 Å². The number of hydrogen-bond acceptors (Lipinski definition) is 8. The van der Waals surface area contributed by atoms with Crippen molar-refractivity contribution in [1.29, 1.82) is 0 Å². The van der Waals surface area contributed by atoms with Crippen molar-refractivity contribution in [3.63, 3.8) is 0 Å². The summed E-state index contributed by atoms with van der Waals surface area (Å²) in [6.07, 6.45) is -1.70. The number of amidine groups is 1. The molecule has 0 aliphatic carbocycles. The van der Waals surface area contributed by atoms with Gasteiger partial charge in [-0.25, -0.2) is 9.67 Å². The fourth-order valence-corrected chi connectivity index (χ4v) is 5.03. The van der Waals surface area contributed by atoms with E-state index >= 15 is 0 Å². The molecule has 2 heterocycles. The van der Waals surface area contributed by atoms with E-state index in [0.717, 1.165) is 33.7 Å². The molecule has 5 rings (SSSR count). The van der Waals surface area contributed by atoms with Gasteiger partial charge in [-0.05, 0) is 66.9 Å². The van der Waals surface area contributed by atoms with Crippen LogP contribution in [-0.2, 0) is 4.79 Å². The molecule has 0 N–H and O–H groups in total. The summed E-state index contributed by atoms with van der Waals surface area (Å²) in [5.41, 5.74) is 4.60. The highest BCUT2D eigenvalue weighted by Gasteiger charge is 2.32. The monoisotopic (exact) mass is 580 g/mol. The maximum Gasteiger partial charge on any atom is 0.573 e. The minimum atomic E-state index is -4.75. The van der Waals surface area contributed by atoms with Crippen LogP contribution in [0.2, 0.25) is 0 Å². The van der Waals surface area contributed by atoms with Gasteiger partial charge in [0.2, 0.25) is 5.91 Å². The number of benzene rings is 3. The van der Waals surface area contributed by atoms with E-state index in [1.807, 2.05) is 50.2 Å². The summed E-state index contributed by atoms with van der Waals surface area (Å²) in [5, 5.41) is 13.4. The number of anilines is 1. The normalized spacial score (nSPS) is 14.8.